The van der Waals surface area contributed by atoms with Gasteiger partial charge in [-0.15, -0.1) is 0 Å². The second-order valence-electron chi connectivity index (χ2n) is 5.04. The summed E-state index contributed by atoms with van der Waals surface area (Å²) in [5.74, 6) is 1.10. The molecular formula is C14H27NO. The number of carbonyl (C=O) groups is 1. The van der Waals surface area contributed by atoms with Gasteiger partial charge >= 0.3 is 0 Å². The summed E-state index contributed by atoms with van der Waals surface area (Å²) < 4.78 is 0. The minimum atomic E-state index is 0.397. The summed E-state index contributed by atoms with van der Waals surface area (Å²) in [6, 6.07) is 0. The molecule has 1 saturated heterocycles. The van der Waals surface area contributed by atoms with E-state index in [2.05, 4.69) is 18.7 Å². The van der Waals surface area contributed by atoms with Crippen LogP contribution in [0.15, 0.2) is 0 Å². The Morgan fingerprint density at radius 3 is 2.38 bits per heavy atom. The molecule has 1 fully saturated rings. The first-order valence-electron chi connectivity index (χ1n) is 7.05. The molecule has 0 aromatic rings. The number of amides is 1. The fourth-order valence-corrected chi connectivity index (χ4v) is 2.44. The van der Waals surface area contributed by atoms with Crippen LogP contribution in [0, 0.1) is 5.92 Å². The summed E-state index contributed by atoms with van der Waals surface area (Å²) in [5.41, 5.74) is 0. The van der Waals surface area contributed by atoms with Gasteiger partial charge in [-0.05, 0) is 18.8 Å². The van der Waals surface area contributed by atoms with Crippen LogP contribution in [0.1, 0.15) is 65.2 Å². The minimum absolute atomic E-state index is 0.397. The van der Waals surface area contributed by atoms with Gasteiger partial charge in [-0.1, -0.05) is 46.0 Å². The van der Waals surface area contributed by atoms with Gasteiger partial charge in [0.15, 0.2) is 0 Å². The van der Waals surface area contributed by atoms with Gasteiger partial charge in [0, 0.05) is 19.5 Å². The molecule has 1 aliphatic heterocycles. The maximum absolute atomic E-state index is 12.0. The average molecular weight is 225 g/mol. The van der Waals surface area contributed by atoms with Crippen molar-refractivity contribution in [1.29, 1.82) is 0 Å². The molecule has 1 amide bonds. The van der Waals surface area contributed by atoms with Gasteiger partial charge in [-0.25, -0.2) is 0 Å². The van der Waals surface area contributed by atoms with Crippen LogP contribution in [0.4, 0.5) is 0 Å². The minimum Gasteiger partial charge on any atom is -0.342 e. The molecule has 0 bridgehead atoms. The highest BCUT2D eigenvalue weighted by atomic mass is 16.2. The zero-order chi connectivity index (χ0) is 11.8. The second-order valence-corrected chi connectivity index (χ2v) is 5.04. The number of nitrogens with zero attached hydrogens (tertiary/aromatic N) is 1. The van der Waals surface area contributed by atoms with E-state index in [0.717, 1.165) is 25.9 Å². The third kappa shape index (κ3) is 4.54. The Hall–Kier alpha value is -0.530. The molecule has 1 heterocycles. The van der Waals surface area contributed by atoms with Gasteiger partial charge in [0.25, 0.3) is 0 Å². The Kier molecular flexibility index (Phi) is 6.51. The summed E-state index contributed by atoms with van der Waals surface area (Å²) in [6.45, 7) is 6.45. The van der Waals surface area contributed by atoms with E-state index in [0.29, 0.717) is 11.8 Å². The SMILES string of the molecule is CCC(CC)CN1CCCCCCCC1=O. The molecule has 16 heavy (non-hydrogen) atoms. The van der Waals surface area contributed by atoms with Gasteiger partial charge in [0.1, 0.15) is 0 Å². The molecule has 0 unspecified atom stereocenters. The third-order valence-electron chi connectivity index (χ3n) is 3.80. The first-order valence-corrected chi connectivity index (χ1v) is 7.05. The molecule has 1 rings (SSSR count). The lowest BCUT2D eigenvalue weighted by Crippen LogP contribution is -2.35. The topological polar surface area (TPSA) is 20.3 Å². The van der Waals surface area contributed by atoms with E-state index in [1.165, 1.54) is 38.5 Å². The maximum atomic E-state index is 12.0. The largest absolute Gasteiger partial charge is 0.342 e. The van der Waals surface area contributed by atoms with Crippen molar-refractivity contribution in [2.24, 2.45) is 5.92 Å². The molecule has 1 aliphatic rings. The van der Waals surface area contributed by atoms with Crippen LogP contribution in [0.3, 0.4) is 0 Å². The fraction of sp³-hybridized carbons (Fsp3) is 0.929. The fourth-order valence-electron chi connectivity index (χ4n) is 2.44. The molecule has 0 aliphatic carbocycles. The lowest BCUT2D eigenvalue weighted by atomic mass is 10.0. The molecular weight excluding hydrogens is 198 g/mol. The van der Waals surface area contributed by atoms with Crippen LogP contribution in [-0.2, 0) is 4.79 Å². The standard InChI is InChI=1S/C14H27NO/c1-3-13(4-2)12-15-11-9-7-5-6-8-10-14(15)16/h13H,3-12H2,1-2H3. The molecule has 2 nitrogen and oxygen atoms in total. The third-order valence-corrected chi connectivity index (χ3v) is 3.80. The number of rotatable bonds is 4. The number of hydrogen-bond acceptors (Lipinski definition) is 1. The highest BCUT2D eigenvalue weighted by Crippen LogP contribution is 2.16. The van der Waals surface area contributed by atoms with Crippen LogP contribution in [-0.4, -0.2) is 23.9 Å². The van der Waals surface area contributed by atoms with E-state index < -0.39 is 0 Å². The Morgan fingerprint density at radius 2 is 1.69 bits per heavy atom. The summed E-state index contributed by atoms with van der Waals surface area (Å²) in [7, 11) is 0. The van der Waals surface area contributed by atoms with Crippen molar-refractivity contribution in [2.45, 2.75) is 65.2 Å². The highest BCUT2D eigenvalue weighted by Gasteiger charge is 2.17. The van der Waals surface area contributed by atoms with E-state index in [1.54, 1.807) is 0 Å². The van der Waals surface area contributed by atoms with Crippen molar-refractivity contribution >= 4 is 5.91 Å². The lowest BCUT2D eigenvalue weighted by Gasteiger charge is -2.26. The molecule has 0 aromatic carbocycles. The summed E-state index contributed by atoms with van der Waals surface area (Å²) in [6.07, 6.45) is 9.31. The van der Waals surface area contributed by atoms with E-state index in [-0.39, 0.29) is 0 Å². The Labute approximate surface area is 100 Å². The normalized spacial score (nSPS) is 19.4. The zero-order valence-corrected chi connectivity index (χ0v) is 11.0. The van der Waals surface area contributed by atoms with Gasteiger partial charge in [-0.3, -0.25) is 4.79 Å². The van der Waals surface area contributed by atoms with Crippen LogP contribution < -0.4 is 0 Å². The number of hydrogen-bond donors (Lipinski definition) is 0. The average Bonchev–Trinajstić information content (AvgIpc) is 2.40. The van der Waals surface area contributed by atoms with Gasteiger partial charge < -0.3 is 4.90 Å². The van der Waals surface area contributed by atoms with Gasteiger partial charge in [0.2, 0.25) is 5.91 Å². The Morgan fingerprint density at radius 1 is 1.06 bits per heavy atom. The van der Waals surface area contributed by atoms with Crippen LogP contribution in [0.2, 0.25) is 0 Å². The van der Waals surface area contributed by atoms with Crippen molar-refractivity contribution in [2.75, 3.05) is 13.1 Å². The monoisotopic (exact) mass is 225 g/mol. The maximum Gasteiger partial charge on any atom is 0.222 e. The summed E-state index contributed by atoms with van der Waals surface area (Å²) in [4.78, 5) is 14.1. The Bertz CT molecular complexity index is 199. The van der Waals surface area contributed by atoms with Gasteiger partial charge in [-0.2, -0.15) is 0 Å². The Balaban J connectivity index is 2.47. The summed E-state index contributed by atoms with van der Waals surface area (Å²) >= 11 is 0. The summed E-state index contributed by atoms with van der Waals surface area (Å²) in [5, 5.41) is 0. The lowest BCUT2D eigenvalue weighted by molar-refractivity contribution is -0.132. The first kappa shape index (κ1) is 13.5. The second kappa shape index (κ2) is 7.70. The van der Waals surface area contributed by atoms with Crippen molar-refractivity contribution < 1.29 is 4.79 Å². The molecule has 0 aromatic heterocycles. The van der Waals surface area contributed by atoms with E-state index in [1.807, 2.05) is 0 Å². The van der Waals surface area contributed by atoms with Crippen LogP contribution in [0.25, 0.3) is 0 Å². The van der Waals surface area contributed by atoms with Gasteiger partial charge in [0.05, 0.1) is 0 Å². The quantitative estimate of drug-likeness (QED) is 0.716. The van der Waals surface area contributed by atoms with Crippen molar-refractivity contribution in [3.05, 3.63) is 0 Å². The molecule has 2 heteroatoms. The zero-order valence-electron chi connectivity index (χ0n) is 11.0. The van der Waals surface area contributed by atoms with Crippen molar-refractivity contribution in [3.8, 4) is 0 Å². The molecule has 0 atom stereocenters. The molecule has 0 saturated carbocycles. The van der Waals surface area contributed by atoms with Crippen LogP contribution >= 0.6 is 0 Å². The molecule has 94 valence electrons. The smallest absolute Gasteiger partial charge is 0.222 e. The molecule has 0 N–H and O–H groups in total. The molecule has 0 radical (unpaired) electrons. The number of carbonyl (C=O) groups excluding carboxylic acids is 1. The molecule has 0 spiro atoms. The predicted octanol–water partition coefficient (Wildman–Crippen LogP) is 3.61. The highest BCUT2D eigenvalue weighted by molar-refractivity contribution is 5.76. The van der Waals surface area contributed by atoms with Crippen molar-refractivity contribution in [3.63, 3.8) is 0 Å². The van der Waals surface area contributed by atoms with Crippen molar-refractivity contribution in [1.82, 2.24) is 4.90 Å². The van der Waals surface area contributed by atoms with Crippen LogP contribution in [0.5, 0.6) is 0 Å². The first-order chi connectivity index (χ1) is 7.77. The van der Waals surface area contributed by atoms with E-state index >= 15 is 0 Å². The predicted molar refractivity (Wildman–Crippen MR) is 68.4 cm³/mol. The van der Waals surface area contributed by atoms with E-state index in [4.69, 9.17) is 0 Å². The van der Waals surface area contributed by atoms with E-state index in [9.17, 15) is 4.79 Å².